The molecule has 0 unspecified atom stereocenters. The van der Waals surface area contributed by atoms with Crippen LogP contribution in [0.4, 0.5) is 5.69 Å². The second-order valence-electron chi connectivity index (χ2n) is 5.81. The fourth-order valence-electron chi connectivity index (χ4n) is 2.38. The minimum absolute atomic E-state index is 0.0423. The molecule has 0 aliphatic rings. The molecule has 138 valence electrons. The first-order chi connectivity index (χ1) is 12.2. The maximum Gasteiger partial charge on any atom is 0.260 e. The fraction of sp³-hybridized carbons (Fsp3) is 0.222. The molecular formula is C18H21N3O4S. The third-order valence-electron chi connectivity index (χ3n) is 3.71. The predicted molar refractivity (Wildman–Crippen MR) is 102 cm³/mol. The number of rotatable bonds is 6. The summed E-state index contributed by atoms with van der Waals surface area (Å²) in [5.41, 5.74) is 4.38. The highest BCUT2D eigenvalue weighted by Gasteiger charge is 2.22. The van der Waals surface area contributed by atoms with E-state index in [0.29, 0.717) is 17.0 Å². The van der Waals surface area contributed by atoms with Gasteiger partial charge in [-0.1, -0.05) is 30.3 Å². The molecule has 0 saturated carbocycles. The Kier molecular flexibility index (Phi) is 5.99. The minimum atomic E-state index is -3.65. The summed E-state index contributed by atoms with van der Waals surface area (Å²) in [5, 5.41) is 13.7. The molecule has 2 rings (SSSR count). The van der Waals surface area contributed by atoms with Crippen LogP contribution in [0.15, 0.2) is 53.6 Å². The highest BCUT2D eigenvalue weighted by atomic mass is 32.2. The second kappa shape index (κ2) is 8.01. The summed E-state index contributed by atoms with van der Waals surface area (Å²) in [7, 11) is -3.65. The van der Waals surface area contributed by atoms with Crippen molar-refractivity contribution >= 4 is 27.3 Å². The van der Waals surface area contributed by atoms with Crippen molar-refractivity contribution < 1.29 is 18.3 Å². The van der Waals surface area contributed by atoms with E-state index in [-0.39, 0.29) is 5.75 Å². The lowest BCUT2D eigenvalue weighted by Gasteiger charge is -2.23. The van der Waals surface area contributed by atoms with Crippen molar-refractivity contribution in [1.29, 1.82) is 0 Å². The second-order valence-corrected chi connectivity index (χ2v) is 7.71. The predicted octanol–water partition coefficient (Wildman–Crippen LogP) is 2.01. The first-order valence-corrected chi connectivity index (χ1v) is 9.70. The zero-order chi connectivity index (χ0) is 19.3. The van der Waals surface area contributed by atoms with Crippen LogP contribution in [0.2, 0.25) is 0 Å². The number of nitrogens with one attached hydrogen (secondary N) is 1. The average Bonchev–Trinajstić information content (AvgIpc) is 2.58. The molecule has 2 aromatic rings. The Morgan fingerprint density at radius 2 is 1.77 bits per heavy atom. The van der Waals surface area contributed by atoms with E-state index in [1.165, 1.54) is 6.07 Å². The number of carbonyl (C=O) groups is 1. The van der Waals surface area contributed by atoms with Gasteiger partial charge in [-0.3, -0.25) is 9.10 Å². The quantitative estimate of drug-likeness (QED) is 0.596. The largest absolute Gasteiger partial charge is 0.507 e. The number of benzene rings is 2. The van der Waals surface area contributed by atoms with Gasteiger partial charge >= 0.3 is 0 Å². The van der Waals surface area contributed by atoms with Crippen LogP contribution in [0.5, 0.6) is 5.75 Å². The lowest BCUT2D eigenvalue weighted by atomic mass is 10.1. The number of aryl methyl sites for hydroxylation is 1. The summed E-state index contributed by atoms with van der Waals surface area (Å²) in [6.45, 7) is 3.00. The van der Waals surface area contributed by atoms with Crippen molar-refractivity contribution in [1.82, 2.24) is 5.43 Å². The lowest BCUT2D eigenvalue weighted by molar-refractivity contribution is -0.119. The van der Waals surface area contributed by atoms with Gasteiger partial charge in [-0.2, -0.15) is 5.10 Å². The Bertz CT molecular complexity index is 939. The van der Waals surface area contributed by atoms with Crippen molar-refractivity contribution in [2.24, 2.45) is 5.10 Å². The molecule has 26 heavy (non-hydrogen) atoms. The molecule has 7 nitrogen and oxygen atoms in total. The first-order valence-electron chi connectivity index (χ1n) is 7.85. The van der Waals surface area contributed by atoms with Crippen LogP contribution >= 0.6 is 0 Å². The van der Waals surface area contributed by atoms with Crippen molar-refractivity contribution in [3.05, 3.63) is 59.7 Å². The molecule has 0 saturated heterocycles. The molecule has 0 bridgehead atoms. The van der Waals surface area contributed by atoms with Gasteiger partial charge in [0.2, 0.25) is 10.0 Å². The Balaban J connectivity index is 2.17. The summed E-state index contributed by atoms with van der Waals surface area (Å²) in [6.07, 6.45) is 1.04. The molecule has 1 amide bonds. The Morgan fingerprint density at radius 3 is 2.38 bits per heavy atom. The summed E-state index contributed by atoms with van der Waals surface area (Å²) < 4.78 is 25.2. The lowest BCUT2D eigenvalue weighted by Crippen LogP contribution is -2.39. The molecule has 0 fully saturated rings. The van der Waals surface area contributed by atoms with Crippen LogP contribution in [0, 0.1) is 6.92 Å². The number of hydrazone groups is 1. The number of anilines is 1. The number of hydrogen-bond acceptors (Lipinski definition) is 5. The Morgan fingerprint density at radius 1 is 1.15 bits per heavy atom. The third-order valence-corrected chi connectivity index (χ3v) is 4.84. The molecule has 2 N–H and O–H groups in total. The van der Waals surface area contributed by atoms with E-state index in [2.05, 4.69) is 10.5 Å². The SMILES string of the molecule is CC(=NNC(=O)CN(c1ccccc1C)S(C)(=O)=O)c1ccccc1O. The number of aromatic hydroxyl groups is 1. The van der Waals surface area contributed by atoms with Crippen molar-refractivity contribution in [3.63, 3.8) is 0 Å². The van der Waals surface area contributed by atoms with Crippen molar-refractivity contribution in [3.8, 4) is 5.75 Å². The maximum atomic E-state index is 12.2. The minimum Gasteiger partial charge on any atom is -0.507 e. The Labute approximate surface area is 153 Å². The van der Waals surface area contributed by atoms with Gasteiger partial charge in [0, 0.05) is 5.56 Å². The van der Waals surface area contributed by atoms with Gasteiger partial charge in [0.25, 0.3) is 5.91 Å². The van der Waals surface area contributed by atoms with Gasteiger partial charge in [0.1, 0.15) is 12.3 Å². The van der Waals surface area contributed by atoms with E-state index in [9.17, 15) is 18.3 Å². The molecule has 0 aliphatic heterocycles. The fourth-order valence-corrected chi connectivity index (χ4v) is 3.29. The van der Waals surface area contributed by atoms with Gasteiger partial charge < -0.3 is 5.11 Å². The van der Waals surface area contributed by atoms with E-state index >= 15 is 0 Å². The number of hydrogen-bond donors (Lipinski definition) is 2. The molecular weight excluding hydrogens is 354 g/mol. The van der Waals surface area contributed by atoms with Gasteiger partial charge in [0.05, 0.1) is 17.7 Å². The molecule has 0 aliphatic carbocycles. The van der Waals surface area contributed by atoms with Crippen LogP contribution in [-0.2, 0) is 14.8 Å². The van der Waals surface area contributed by atoms with E-state index in [0.717, 1.165) is 16.1 Å². The van der Waals surface area contributed by atoms with Crippen LogP contribution in [0.1, 0.15) is 18.1 Å². The standard InChI is InChI=1S/C18H21N3O4S/c1-13-8-4-6-10-16(13)21(26(3,24)25)12-18(23)20-19-14(2)15-9-5-7-11-17(15)22/h4-11,22H,12H2,1-3H3,(H,20,23). The number of phenolic OH excluding ortho intramolecular Hbond substituents is 1. The number of amides is 1. The zero-order valence-electron chi connectivity index (χ0n) is 14.8. The van der Waals surface area contributed by atoms with E-state index in [4.69, 9.17) is 0 Å². The third kappa shape index (κ3) is 4.82. The zero-order valence-corrected chi connectivity index (χ0v) is 15.6. The van der Waals surface area contributed by atoms with Gasteiger partial charge in [-0.15, -0.1) is 0 Å². The number of carbonyl (C=O) groups excluding carboxylic acids is 1. The number of sulfonamides is 1. The summed E-state index contributed by atoms with van der Waals surface area (Å²) in [6, 6.07) is 13.5. The average molecular weight is 375 g/mol. The van der Waals surface area contributed by atoms with Gasteiger partial charge in [0.15, 0.2) is 0 Å². The summed E-state index contributed by atoms with van der Waals surface area (Å²) in [5.74, 6) is -0.547. The van der Waals surface area contributed by atoms with Crippen LogP contribution in [0.3, 0.4) is 0 Å². The molecule has 0 aromatic heterocycles. The number of nitrogens with zero attached hydrogens (tertiary/aromatic N) is 2. The molecule has 0 radical (unpaired) electrons. The van der Waals surface area contributed by atoms with Crippen LogP contribution in [0.25, 0.3) is 0 Å². The molecule has 0 spiro atoms. The maximum absolute atomic E-state index is 12.2. The van der Waals surface area contributed by atoms with Crippen molar-refractivity contribution in [2.45, 2.75) is 13.8 Å². The summed E-state index contributed by atoms with van der Waals surface area (Å²) in [4.78, 5) is 12.2. The van der Waals surface area contributed by atoms with Crippen LogP contribution in [-0.4, -0.2) is 37.9 Å². The van der Waals surface area contributed by atoms with Crippen molar-refractivity contribution in [2.75, 3.05) is 17.1 Å². The molecule has 0 atom stereocenters. The monoisotopic (exact) mass is 375 g/mol. The van der Waals surface area contributed by atoms with E-state index < -0.39 is 22.5 Å². The van der Waals surface area contributed by atoms with E-state index in [1.54, 1.807) is 56.3 Å². The van der Waals surface area contributed by atoms with Gasteiger partial charge in [-0.25, -0.2) is 13.8 Å². The summed E-state index contributed by atoms with van der Waals surface area (Å²) >= 11 is 0. The van der Waals surface area contributed by atoms with Crippen LogP contribution < -0.4 is 9.73 Å². The first kappa shape index (κ1) is 19.5. The normalized spacial score (nSPS) is 11.9. The highest BCUT2D eigenvalue weighted by molar-refractivity contribution is 7.92. The van der Waals surface area contributed by atoms with E-state index in [1.807, 2.05) is 0 Å². The topological polar surface area (TPSA) is 99.1 Å². The molecule has 0 heterocycles. The molecule has 8 heteroatoms. The number of phenols is 1. The molecule has 2 aromatic carbocycles. The number of para-hydroxylation sites is 2. The smallest absolute Gasteiger partial charge is 0.260 e. The Hall–Kier alpha value is -2.87. The van der Waals surface area contributed by atoms with Gasteiger partial charge in [-0.05, 0) is 37.6 Å². The highest BCUT2D eigenvalue weighted by Crippen LogP contribution is 2.21.